The molecule has 1 aliphatic rings. The minimum atomic E-state index is -0.976. The smallest absolute Gasteiger partial charge is 0.323 e. The van der Waals surface area contributed by atoms with Crippen molar-refractivity contribution in [2.45, 2.75) is 19.4 Å². The molecule has 2 N–H and O–H groups in total. The number of esters is 1. The predicted octanol–water partition coefficient (Wildman–Crippen LogP) is 1.83. The van der Waals surface area contributed by atoms with E-state index in [-0.39, 0.29) is 29.8 Å². The van der Waals surface area contributed by atoms with Crippen LogP contribution < -0.4 is 10.6 Å². The molecule has 0 bridgehead atoms. The lowest BCUT2D eigenvalue weighted by Gasteiger charge is -2.16. The first-order valence-corrected chi connectivity index (χ1v) is 8.52. The number of nitro benzene ring substituents is 1. The average Bonchev–Trinajstić information content (AvgIpc) is 2.92. The second kappa shape index (κ2) is 7.57. The Balaban J connectivity index is 2.00. The molecule has 1 aliphatic heterocycles. The number of hydrogen-bond donors (Lipinski definition) is 1. The highest BCUT2D eigenvalue weighted by Crippen LogP contribution is 2.35. The summed E-state index contributed by atoms with van der Waals surface area (Å²) in [6.45, 7) is 1.82. The molecule has 0 spiro atoms. The lowest BCUT2D eigenvalue weighted by atomic mass is 10.0. The highest BCUT2D eigenvalue weighted by Gasteiger charge is 2.39. The van der Waals surface area contributed by atoms with Gasteiger partial charge < -0.3 is 10.5 Å². The van der Waals surface area contributed by atoms with Crippen LogP contribution in [0.15, 0.2) is 42.5 Å². The Kier molecular flexibility index (Phi) is 5.18. The molecule has 2 amide bonds. The minimum absolute atomic E-state index is 0.0347. The fourth-order valence-electron chi connectivity index (χ4n) is 3.02. The Hall–Kier alpha value is -3.59. The van der Waals surface area contributed by atoms with Gasteiger partial charge in [0.15, 0.2) is 0 Å². The SMILES string of the molecule is CCOC(=O)[C@@H](N)Cc1ccc([N+](=O)[O-])c(N2C(=O)c3ccccc3C2=O)c1. The van der Waals surface area contributed by atoms with Gasteiger partial charge in [-0.2, -0.15) is 0 Å². The van der Waals surface area contributed by atoms with Crippen molar-refractivity contribution in [2.75, 3.05) is 11.5 Å². The van der Waals surface area contributed by atoms with Crippen LogP contribution in [0.25, 0.3) is 0 Å². The van der Waals surface area contributed by atoms with Crippen molar-refractivity contribution >= 4 is 29.2 Å². The van der Waals surface area contributed by atoms with Gasteiger partial charge in [-0.25, -0.2) is 4.90 Å². The summed E-state index contributed by atoms with van der Waals surface area (Å²) in [5, 5.41) is 11.4. The molecule has 28 heavy (non-hydrogen) atoms. The van der Waals surface area contributed by atoms with Gasteiger partial charge in [0, 0.05) is 6.07 Å². The molecule has 3 rings (SSSR count). The first-order valence-electron chi connectivity index (χ1n) is 8.52. The maximum atomic E-state index is 12.7. The largest absolute Gasteiger partial charge is 0.465 e. The summed E-state index contributed by atoms with van der Waals surface area (Å²) in [6.07, 6.45) is 0.0347. The Morgan fingerprint density at radius 3 is 2.32 bits per heavy atom. The van der Waals surface area contributed by atoms with Crippen molar-refractivity contribution in [3.63, 3.8) is 0 Å². The van der Waals surface area contributed by atoms with E-state index >= 15 is 0 Å². The van der Waals surface area contributed by atoms with Crippen LogP contribution in [-0.4, -0.2) is 35.4 Å². The number of carbonyl (C=O) groups is 3. The molecule has 0 unspecified atom stereocenters. The van der Waals surface area contributed by atoms with E-state index in [1.807, 2.05) is 0 Å². The van der Waals surface area contributed by atoms with Crippen LogP contribution in [-0.2, 0) is 16.0 Å². The van der Waals surface area contributed by atoms with Gasteiger partial charge >= 0.3 is 5.97 Å². The zero-order valence-corrected chi connectivity index (χ0v) is 15.0. The summed E-state index contributed by atoms with van der Waals surface area (Å²) in [5.41, 5.74) is 6.05. The molecule has 0 radical (unpaired) electrons. The Morgan fingerprint density at radius 1 is 1.18 bits per heavy atom. The van der Waals surface area contributed by atoms with E-state index in [1.165, 1.54) is 30.3 Å². The molecular weight excluding hydrogens is 366 g/mol. The lowest BCUT2D eigenvalue weighted by molar-refractivity contribution is -0.384. The third-order valence-electron chi connectivity index (χ3n) is 4.32. The number of nitrogens with zero attached hydrogens (tertiary/aromatic N) is 2. The number of ether oxygens (including phenoxy) is 1. The molecule has 0 saturated heterocycles. The second-order valence-electron chi connectivity index (χ2n) is 6.13. The Labute approximate surface area is 159 Å². The number of amides is 2. The molecule has 144 valence electrons. The number of hydrogen-bond acceptors (Lipinski definition) is 7. The lowest BCUT2D eigenvalue weighted by Crippen LogP contribution is -2.34. The molecule has 0 saturated carbocycles. The van der Waals surface area contributed by atoms with E-state index in [0.29, 0.717) is 5.56 Å². The minimum Gasteiger partial charge on any atom is -0.465 e. The van der Waals surface area contributed by atoms with Crippen LogP contribution in [0, 0.1) is 10.1 Å². The van der Waals surface area contributed by atoms with Crippen LogP contribution in [0.2, 0.25) is 0 Å². The zero-order chi connectivity index (χ0) is 20.4. The van der Waals surface area contributed by atoms with Crippen molar-refractivity contribution < 1.29 is 24.0 Å². The van der Waals surface area contributed by atoms with Gasteiger partial charge in [-0.05, 0) is 37.1 Å². The third kappa shape index (κ3) is 3.35. The normalized spacial score (nSPS) is 14.0. The number of imide groups is 1. The number of anilines is 1. The van der Waals surface area contributed by atoms with Crippen molar-refractivity contribution in [3.05, 3.63) is 69.3 Å². The number of nitrogens with two attached hydrogens (primary N) is 1. The van der Waals surface area contributed by atoms with Crippen molar-refractivity contribution in [2.24, 2.45) is 5.73 Å². The molecular formula is C19H17N3O6. The van der Waals surface area contributed by atoms with Gasteiger partial charge in [-0.1, -0.05) is 18.2 Å². The maximum absolute atomic E-state index is 12.7. The van der Waals surface area contributed by atoms with Crippen LogP contribution in [0.4, 0.5) is 11.4 Å². The number of carbonyl (C=O) groups excluding carboxylic acids is 3. The standard InChI is InChI=1S/C19H17N3O6/c1-2-28-19(25)14(20)9-11-7-8-15(22(26)27)16(10-11)21-17(23)12-5-3-4-6-13(12)18(21)24/h3-8,10,14H,2,9,20H2,1H3/t14-/m0/s1. The first kappa shape index (κ1) is 19.2. The van der Waals surface area contributed by atoms with Gasteiger partial charge in [0.05, 0.1) is 22.7 Å². The number of rotatable bonds is 6. The molecule has 0 aliphatic carbocycles. The highest BCUT2D eigenvalue weighted by molar-refractivity contribution is 6.35. The molecule has 0 aromatic heterocycles. The Morgan fingerprint density at radius 2 is 1.79 bits per heavy atom. The van der Waals surface area contributed by atoms with Gasteiger partial charge in [0.25, 0.3) is 17.5 Å². The van der Waals surface area contributed by atoms with E-state index in [2.05, 4.69) is 0 Å². The number of fused-ring (bicyclic) bond motifs is 1. The number of benzene rings is 2. The molecule has 2 aromatic rings. The topological polar surface area (TPSA) is 133 Å². The molecule has 9 heteroatoms. The van der Waals surface area contributed by atoms with Crippen LogP contribution in [0.5, 0.6) is 0 Å². The van der Waals surface area contributed by atoms with Crippen molar-refractivity contribution in [1.29, 1.82) is 0 Å². The van der Waals surface area contributed by atoms with Crippen molar-refractivity contribution in [3.8, 4) is 0 Å². The fraction of sp³-hybridized carbons (Fsp3) is 0.211. The number of nitro groups is 1. The van der Waals surface area contributed by atoms with E-state index < -0.39 is 34.4 Å². The van der Waals surface area contributed by atoms with Gasteiger partial charge in [0.1, 0.15) is 11.7 Å². The highest BCUT2D eigenvalue weighted by atomic mass is 16.6. The summed E-state index contributed by atoms with van der Waals surface area (Å²) in [5.74, 6) is -1.89. The van der Waals surface area contributed by atoms with E-state index in [4.69, 9.17) is 10.5 Å². The van der Waals surface area contributed by atoms with Crippen molar-refractivity contribution in [1.82, 2.24) is 0 Å². The summed E-state index contributed by atoms with van der Waals surface area (Å²) in [7, 11) is 0. The molecule has 2 aromatic carbocycles. The molecule has 1 atom stereocenters. The van der Waals surface area contributed by atoms with E-state index in [0.717, 1.165) is 4.90 Å². The predicted molar refractivity (Wildman–Crippen MR) is 99.0 cm³/mol. The van der Waals surface area contributed by atoms with Crippen LogP contribution in [0.3, 0.4) is 0 Å². The van der Waals surface area contributed by atoms with Crippen LogP contribution >= 0.6 is 0 Å². The van der Waals surface area contributed by atoms with Gasteiger partial charge in [-0.15, -0.1) is 0 Å². The van der Waals surface area contributed by atoms with Gasteiger partial charge in [-0.3, -0.25) is 24.5 Å². The fourth-order valence-corrected chi connectivity index (χ4v) is 3.02. The van der Waals surface area contributed by atoms with E-state index in [1.54, 1.807) is 19.1 Å². The monoisotopic (exact) mass is 383 g/mol. The molecule has 1 heterocycles. The summed E-state index contributed by atoms with van der Waals surface area (Å²) in [6, 6.07) is 9.16. The first-order chi connectivity index (χ1) is 13.3. The van der Waals surface area contributed by atoms with Gasteiger partial charge in [0.2, 0.25) is 0 Å². The summed E-state index contributed by atoms with van der Waals surface area (Å²) in [4.78, 5) is 48.7. The maximum Gasteiger partial charge on any atom is 0.323 e. The average molecular weight is 383 g/mol. The zero-order valence-electron chi connectivity index (χ0n) is 15.0. The second-order valence-corrected chi connectivity index (χ2v) is 6.13. The molecule has 0 fully saturated rings. The third-order valence-corrected chi connectivity index (χ3v) is 4.32. The Bertz CT molecular complexity index is 952. The van der Waals surface area contributed by atoms with E-state index in [9.17, 15) is 24.5 Å². The molecule has 9 nitrogen and oxygen atoms in total. The summed E-state index contributed by atoms with van der Waals surface area (Å²) >= 11 is 0. The summed E-state index contributed by atoms with van der Waals surface area (Å²) < 4.78 is 4.85. The van der Waals surface area contributed by atoms with Crippen LogP contribution in [0.1, 0.15) is 33.2 Å². The quantitative estimate of drug-likeness (QED) is 0.348.